The van der Waals surface area contributed by atoms with Crippen LogP contribution in [-0.2, 0) is 11.4 Å². The summed E-state index contributed by atoms with van der Waals surface area (Å²) in [5.74, 6) is 1.36. The van der Waals surface area contributed by atoms with Gasteiger partial charge in [-0.15, -0.1) is 0 Å². The van der Waals surface area contributed by atoms with E-state index in [-0.39, 0.29) is 6.61 Å². The predicted molar refractivity (Wildman–Crippen MR) is 88.4 cm³/mol. The number of methoxy groups -OCH3 is 2. The second-order valence-electron chi connectivity index (χ2n) is 4.35. The third-order valence-corrected chi connectivity index (χ3v) is 3.53. The van der Waals surface area contributed by atoms with E-state index in [2.05, 4.69) is 5.16 Å². The monoisotopic (exact) mass is 339 g/mol. The maximum atomic E-state index is 6.06. The highest BCUT2D eigenvalue weighted by Crippen LogP contribution is 2.24. The highest BCUT2D eigenvalue weighted by Gasteiger charge is 2.04. The van der Waals surface area contributed by atoms with Crippen LogP contribution in [0.1, 0.15) is 11.1 Å². The minimum absolute atomic E-state index is 0.255. The molecule has 0 aliphatic rings. The predicted octanol–water partition coefficient (Wildman–Crippen LogP) is 4.56. The summed E-state index contributed by atoms with van der Waals surface area (Å²) in [5.41, 5.74) is 1.59. The Balaban J connectivity index is 2.00. The zero-order valence-corrected chi connectivity index (χ0v) is 13.7. The molecule has 0 bridgehead atoms. The van der Waals surface area contributed by atoms with Crippen LogP contribution in [0.2, 0.25) is 10.0 Å². The second-order valence-corrected chi connectivity index (χ2v) is 5.20. The van der Waals surface area contributed by atoms with Crippen LogP contribution >= 0.6 is 23.2 Å². The lowest BCUT2D eigenvalue weighted by Crippen LogP contribution is -1.94. The molecule has 0 radical (unpaired) electrons. The maximum Gasteiger partial charge on any atom is 0.143 e. The standard InChI is InChI=1S/C16H15Cl2NO3/c1-20-14-6-4-11(16(8-14)21-2)9-19-22-10-12-3-5-13(17)7-15(12)18/h3-9H,10H2,1-2H3. The Hall–Kier alpha value is -1.91. The average Bonchev–Trinajstić information content (AvgIpc) is 2.53. The molecular weight excluding hydrogens is 325 g/mol. The highest BCUT2D eigenvalue weighted by atomic mass is 35.5. The van der Waals surface area contributed by atoms with Gasteiger partial charge < -0.3 is 14.3 Å². The van der Waals surface area contributed by atoms with Gasteiger partial charge in [0.15, 0.2) is 0 Å². The molecule has 0 saturated carbocycles. The van der Waals surface area contributed by atoms with Gasteiger partial charge in [-0.05, 0) is 24.3 Å². The highest BCUT2D eigenvalue weighted by molar-refractivity contribution is 6.35. The molecule has 2 aromatic rings. The fourth-order valence-electron chi connectivity index (χ4n) is 1.76. The molecule has 0 aliphatic heterocycles. The van der Waals surface area contributed by atoms with E-state index in [1.807, 2.05) is 12.1 Å². The van der Waals surface area contributed by atoms with E-state index in [0.717, 1.165) is 11.1 Å². The van der Waals surface area contributed by atoms with E-state index in [1.165, 1.54) is 0 Å². The number of hydrogen-bond acceptors (Lipinski definition) is 4. The van der Waals surface area contributed by atoms with Gasteiger partial charge >= 0.3 is 0 Å². The van der Waals surface area contributed by atoms with Crippen molar-refractivity contribution in [2.24, 2.45) is 5.16 Å². The van der Waals surface area contributed by atoms with Gasteiger partial charge in [0, 0.05) is 27.2 Å². The number of halogens is 2. The molecule has 116 valence electrons. The van der Waals surface area contributed by atoms with Crippen molar-refractivity contribution in [3.8, 4) is 11.5 Å². The van der Waals surface area contributed by atoms with Crippen molar-refractivity contribution >= 4 is 29.4 Å². The van der Waals surface area contributed by atoms with Crippen LogP contribution in [0.5, 0.6) is 11.5 Å². The Morgan fingerprint density at radius 2 is 1.86 bits per heavy atom. The van der Waals surface area contributed by atoms with Crippen LogP contribution in [0.4, 0.5) is 0 Å². The lowest BCUT2D eigenvalue weighted by molar-refractivity contribution is 0.132. The number of hydrogen-bond donors (Lipinski definition) is 0. The van der Waals surface area contributed by atoms with Crippen molar-refractivity contribution in [3.63, 3.8) is 0 Å². The number of ether oxygens (including phenoxy) is 2. The van der Waals surface area contributed by atoms with Gasteiger partial charge in [0.05, 0.1) is 20.4 Å². The van der Waals surface area contributed by atoms with Crippen LogP contribution in [0.25, 0.3) is 0 Å². The summed E-state index contributed by atoms with van der Waals surface area (Å²) in [5, 5.41) is 5.06. The molecular formula is C16H15Cl2NO3. The summed E-state index contributed by atoms with van der Waals surface area (Å²) >= 11 is 11.9. The first kappa shape index (κ1) is 16.5. The zero-order chi connectivity index (χ0) is 15.9. The van der Waals surface area contributed by atoms with Crippen LogP contribution in [-0.4, -0.2) is 20.4 Å². The Kier molecular flexibility index (Phi) is 5.92. The Bertz CT molecular complexity index is 674. The molecule has 0 spiro atoms. The summed E-state index contributed by atoms with van der Waals surface area (Å²) in [6, 6.07) is 10.6. The van der Waals surface area contributed by atoms with E-state index in [9.17, 15) is 0 Å². The van der Waals surface area contributed by atoms with Crippen molar-refractivity contribution in [2.75, 3.05) is 14.2 Å². The lowest BCUT2D eigenvalue weighted by atomic mass is 10.2. The molecule has 2 aromatic carbocycles. The van der Waals surface area contributed by atoms with Crippen LogP contribution in [0, 0.1) is 0 Å². The first-order valence-electron chi connectivity index (χ1n) is 6.45. The van der Waals surface area contributed by atoms with Gasteiger partial charge in [0.2, 0.25) is 0 Å². The number of rotatable bonds is 6. The van der Waals surface area contributed by atoms with Crippen molar-refractivity contribution < 1.29 is 14.3 Å². The van der Waals surface area contributed by atoms with E-state index in [4.69, 9.17) is 37.5 Å². The van der Waals surface area contributed by atoms with Gasteiger partial charge in [0.1, 0.15) is 18.1 Å². The fraction of sp³-hybridized carbons (Fsp3) is 0.188. The molecule has 0 unspecified atom stereocenters. The topological polar surface area (TPSA) is 40.0 Å². The third kappa shape index (κ3) is 4.29. The largest absolute Gasteiger partial charge is 0.497 e. The van der Waals surface area contributed by atoms with Gasteiger partial charge in [-0.2, -0.15) is 0 Å². The van der Waals surface area contributed by atoms with Crippen molar-refractivity contribution in [2.45, 2.75) is 6.61 Å². The summed E-state index contributed by atoms with van der Waals surface area (Å²) < 4.78 is 10.4. The molecule has 0 amide bonds. The van der Waals surface area contributed by atoms with Crippen molar-refractivity contribution in [1.82, 2.24) is 0 Å². The van der Waals surface area contributed by atoms with Crippen LogP contribution in [0.3, 0.4) is 0 Å². The van der Waals surface area contributed by atoms with Crippen LogP contribution in [0.15, 0.2) is 41.6 Å². The summed E-state index contributed by atoms with van der Waals surface area (Å²) in [6.45, 7) is 0.255. The summed E-state index contributed by atoms with van der Waals surface area (Å²) in [6.07, 6.45) is 1.57. The first-order valence-corrected chi connectivity index (χ1v) is 7.21. The van der Waals surface area contributed by atoms with E-state index in [1.54, 1.807) is 44.7 Å². The maximum absolute atomic E-state index is 6.06. The quantitative estimate of drug-likeness (QED) is 0.572. The Morgan fingerprint density at radius 3 is 2.55 bits per heavy atom. The SMILES string of the molecule is COc1ccc(C=NOCc2ccc(Cl)cc2Cl)c(OC)c1. The number of nitrogens with zero attached hydrogens (tertiary/aromatic N) is 1. The van der Waals surface area contributed by atoms with Crippen molar-refractivity contribution in [1.29, 1.82) is 0 Å². The first-order chi connectivity index (χ1) is 10.6. The average molecular weight is 340 g/mol. The molecule has 0 aliphatic carbocycles. The second kappa shape index (κ2) is 7.92. The molecule has 22 heavy (non-hydrogen) atoms. The normalized spacial score (nSPS) is 10.7. The molecule has 0 fully saturated rings. The van der Waals surface area contributed by atoms with Gasteiger partial charge in [-0.3, -0.25) is 0 Å². The molecule has 0 saturated heterocycles. The van der Waals surface area contributed by atoms with Crippen LogP contribution < -0.4 is 9.47 Å². The van der Waals surface area contributed by atoms with Gasteiger partial charge in [-0.1, -0.05) is 34.4 Å². The van der Waals surface area contributed by atoms with E-state index < -0.39 is 0 Å². The summed E-state index contributed by atoms with van der Waals surface area (Å²) in [7, 11) is 3.18. The lowest BCUT2D eigenvalue weighted by Gasteiger charge is -2.07. The van der Waals surface area contributed by atoms with Gasteiger partial charge in [-0.25, -0.2) is 0 Å². The Morgan fingerprint density at radius 1 is 1.05 bits per heavy atom. The minimum Gasteiger partial charge on any atom is -0.497 e. The fourth-order valence-corrected chi connectivity index (χ4v) is 2.23. The van der Waals surface area contributed by atoms with Gasteiger partial charge in [0.25, 0.3) is 0 Å². The molecule has 6 heteroatoms. The molecule has 0 N–H and O–H groups in total. The van der Waals surface area contributed by atoms with Crippen molar-refractivity contribution in [3.05, 3.63) is 57.6 Å². The Labute approximate surface area is 139 Å². The minimum atomic E-state index is 0.255. The third-order valence-electron chi connectivity index (χ3n) is 2.94. The molecule has 2 rings (SSSR count). The van der Waals surface area contributed by atoms with E-state index in [0.29, 0.717) is 21.5 Å². The smallest absolute Gasteiger partial charge is 0.143 e. The van der Waals surface area contributed by atoms with E-state index >= 15 is 0 Å². The molecule has 0 atom stereocenters. The molecule has 0 aromatic heterocycles. The molecule has 4 nitrogen and oxygen atoms in total. The summed E-state index contributed by atoms with van der Waals surface area (Å²) in [4.78, 5) is 5.26. The molecule has 0 heterocycles. The zero-order valence-electron chi connectivity index (χ0n) is 12.2. The number of benzene rings is 2. The number of oxime groups is 1.